The minimum absolute atomic E-state index is 0.280. The van der Waals surface area contributed by atoms with Crippen LogP contribution < -0.4 is 10.1 Å². The Kier molecular flexibility index (Phi) is 4.33. The van der Waals surface area contributed by atoms with Crippen LogP contribution in [0.2, 0.25) is 0 Å². The molecule has 0 unspecified atom stereocenters. The third-order valence-electron chi connectivity index (χ3n) is 3.32. The van der Waals surface area contributed by atoms with E-state index in [1.54, 1.807) is 0 Å². The van der Waals surface area contributed by atoms with E-state index < -0.39 is 0 Å². The van der Waals surface area contributed by atoms with E-state index in [4.69, 9.17) is 4.74 Å². The first kappa shape index (κ1) is 13.1. The van der Waals surface area contributed by atoms with Crippen LogP contribution in [0.15, 0.2) is 24.3 Å². The lowest BCUT2D eigenvalue weighted by atomic mass is 10.1. The van der Waals surface area contributed by atoms with Gasteiger partial charge in [-0.05, 0) is 24.6 Å². The summed E-state index contributed by atoms with van der Waals surface area (Å²) in [6, 6.07) is 8.18. The van der Waals surface area contributed by atoms with Crippen LogP contribution >= 0.6 is 0 Å². The minimum atomic E-state index is -0.280. The fraction of sp³-hybridized carbons (Fsp3) is 0.500. The minimum Gasteiger partial charge on any atom is -0.427 e. The summed E-state index contributed by atoms with van der Waals surface area (Å²) in [6.07, 6.45) is 0. The molecule has 0 aliphatic carbocycles. The van der Waals surface area contributed by atoms with Crippen molar-refractivity contribution in [2.45, 2.75) is 19.9 Å². The highest BCUT2D eigenvalue weighted by Gasteiger charge is 2.17. The van der Waals surface area contributed by atoms with Gasteiger partial charge in [-0.3, -0.25) is 9.69 Å². The van der Waals surface area contributed by atoms with Crippen molar-refractivity contribution in [2.75, 3.05) is 26.2 Å². The molecule has 1 fully saturated rings. The van der Waals surface area contributed by atoms with E-state index in [0.29, 0.717) is 11.8 Å². The summed E-state index contributed by atoms with van der Waals surface area (Å²) >= 11 is 0. The lowest BCUT2D eigenvalue weighted by molar-refractivity contribution is -0.131. The largest absolute Gasteiger partial charge is 0.427 e. The monoisotopic (exact) mass is 248 g/mol. The van der Waals surface area contributed by atoms with E-state index in [0.717, 1.165) is 26.2 Å². The van der Waals surface area contributed by atoms with Crippen LogP contribution in [0.4, 0.5) is 0 Å². The second-order valence-corrected chi connectivity index (χ2v) is 4.62. The van der Waals surface area contributed by atoms with Gasteiger partial charge in [0.2, 0.25) is 0 Å². The maximum absolute atomic E-state index is 10.8. The van der Waals surface area contributed by atoms with Gasteiger partial charge < -0.3 is 10.1 Å². The van der Waals surface area contributed by atoms with Gasteiger partial charge in [0.1, 0.15) is 5.75 Å². The molecule has 0 saturated carbocycles. The number of esters is 1. The smallest absolute Gasteiger partial charge is 0.308 e. The highest BCUT2D eigenvalue weighted by Crippen LogP contribution is 2.22. The Morgan fingerprint density at radius 2 is 1.89 bits per heavy atom. The molecule has 1 aliphatic heterocycles. The Labute approximate surface area is 108 Å². The molecule has 0 spiro atoms. The van der Waals surface area contributed by atoms with Crippen LogP contribution in [0, 0.1) is 0 Å². The first-order valence-electron chi connectivity index (χ1n) is 6.40. The van der Waals surface area contributed by atoms with Gasteiger partial charge in [0.05, 0.1) is 0 Å². The average Bonchev–Trinajstić information content (AvgIpc) is 2.39. The summed E-state index contributed by atoms with van der Waals surface area (Å²) in [5.41, 5.74) is 1.26. The molecule has 0 aromatic heterocycles. The van der Waals surface area contributed by atoms with Crippen LogP contribution in [0.25, 0.3) is 0 Å². The Morgan fingerprint density at radius 1 is 1.28 bits per heavy atom. The summed E-state index contributed by atoms with van der Waals surface area (Å²) < 4.78 is 5.03. The number of hydrogen-bond donors (Lipinski definition) is 1. The zero-order valence-electron chi connectivity index (χ0n) is 11.0. The van der Waals surface area contributed by atoms with Crippen LogP contribution in [-0.2, 0) is 4.79 Å². The molecule has 4 heteroatoms. The van der Waals surface area contributed by atoms with Crippen molar-refractivity contribution in [1.82, 2.24) is 10.2 Å². The van der Waals surface area contributed by atoms with Gasteiger partial charge in [-0.2, -0.15) is 0 Å². The third kappa shape index (κ3) is 3.31. The van der Waals surface area contributed by atoms with Crippen molar-refractivity contribution >= 4 is 5.97 Å². The van der Waals surface area contributed by atoms with E-state index in [1.807, 2.05) is 24.3 Å². The van der Waals surface area contributed by atoms with Crippen molar-refractivity contribution in [1.29, 1.82) is 0 Å². The highest BCUT2D eigenvalue weighted by molar-refractivity contribution is 5.69. The predicted molar refractivity (Wildman–Crippen MR) is 70.6 cm³/mol. The van der Waals surface area contributed by atoms with Crippen molar-refractivity contribution in [2.24, 2.45) is 0 Å². The second-order valence-electron chi connectivity index (χ2n) is 4.62. The number of benzene rings is 1. The number of nitrogens with one attached hydrogen (secondary N) is 1. The van der Waals surface area contributed by atoms with Crippen molar-refractivity contribution in [3.8, 4) is 5.75 Å². The van der Waals surface area contributed by atoms with Gasteiger partial charge in [-0.15, -0.1) is 0 Å². The van der Waals surface area contributed by atoms with E-state index in [2.05, 4.69) is 17.1 Å². The zero-order valence-corrected chi connectivity index (χ0v) is 11.0. The van der Waals surface area contributed by atoms with Crippen LogP contribution in [0.1, 0.15) is 25.5 Å². The molecule has 1 aromatic rings. The third-order valence-corrected chi connectivity index (χ3v) is 3.32. The topological polar surface area (TPSA) is 41.6 Å². The molecule has 18 heavy (non-hydrogen) atoms. The molecule has 1 aromatic carbocycles. The molecule has 1 atom stereocenters. The lowest BCUT2D eigenvalue weighted by Crippen LogP contribution is -2.44. The van der Waals surface area contributed by atoms with E-state index in [9.17, 15) is 4.79 Å². The van der Waals surface area contributed by atoms with E-state index >= 15 is 0 Å². The number of hydrogen-bond acceptors (Lipinski definition) is 4. The van der Waals surface area contributed by atoms with Crippen LogP contribution in [0.3, 0.4) is 0 Å². The molecular formula is C14H20N2O2. The molecule has 0 radical (unpaired) electrons. The van der Waals surface area contributed by atoms with Gasteiger partial charge >= 0.3 is 5.97 Å². The van der Waals surface area contributed by atoms with Gasteiger partial charge in [0, 0.05) is 39.1 Å². The molecule has 1 heterocycles. The van der Waals surface area contributed by atoms with Gasteiger partial charge in [0.15, 0.2) is 0 Å². The summed E-state index contributed by atoms with van der Waals surface area (Å²) in [5.74, 6) is 0.330. The number of carbonyl (C=O) groups is 1. The quantitative estimate of drug-likeness (QED) is 0.651. The summed E-state index contributed by atoms with van der Waals surface area (Å²) in [6.45, 7) is 7.88. The number of rotatable bonds is 3. The Morgan fingerprint density at radius 3 is 2.44 bits per heavy atom. The van der Waals surface area contributed by atoms with E-state index in [-0.39, 0.29) is 5.97 Å². The number of piperazine rings is 1. The standard InChI is InChI=1S/C14H20N2O2/c1-11(16-9-7-15-8-10-16)13-3-5-14(6-4-13)18-12(2)17/h3-6,11,15H,7-10H2,1-2H3/t11-/m0/s1. The van der Waals surface area contributed by atoms with E-state index in [1.165, 1.54) is 12.5 Å². The fourth-order valence-electron chi connectivity index (χ4n) is 2.26. The molecule has 4 nitrogen and oxygen atoms in total. The van der Waals surface area contributed by atoms with Gasteiger partial charge in [0.25, 0.3) is 0 Å². The second kappa shape index (κ2) is 5.98. The number of carbonyl (C=O) groups excluding carboxylic acids is 1. The van der Waals surface area contributed by atoms with Crippen molar-refractivity contribution in [3.05, 3.63) is 29.8 Å². The van der Waals surface area contributed by atoms with Crippen molar-refractivity contribution in [3.63, 3.8) is 0 Å². The molecule has 0 bridgehead atoms. The Bertz CT molecular complexity index is 397. The molecule has 1 aliphatic rings. The summed E-state index contributed by atoms with van der Waals surface area (Å²) in [5, 5.41) is 3.35. The maximum atomic E-state index is 10.8. The Hall–Kier alpha value is -1.39. The Balaban J connectivity index is 2.01. The first-order valence-corrected chi connectivity index (χ1v) is 6.40. The molecule has 0 amide bonds. The summed E-state index contributed by atoms with van der Waals surface area (Å²) in [4.78, 5) is 13.3. The molecule has 98 valence electrons. The van der Waals surface area contributed by atoms with Crippen molar-refractivity contribution < 1.29 is 9.53 Å². The molecular weight excluding hydrogens is 228 g/mol. The first-order chi connectivity index (χ1) is 8.66. The molecule has 1 N–H and O–H groups in total. The highest BCUT2D eigenvalue weighted by atomic mass is 16.5. The van der Waals surface area contributed by atoms with Gasteiger partial charge in [-0.25, -0.2) is 0 Å². The SMILES string of the molecule is CC(=O)Oc1ccc([C@H](C)N2CCNCC2)cc1. The predicted octanol–water partition coefficient (Wildman–Crippen LogP) is 1.58. The van der Waals surface area contributed by atoms with Crippen LogP contribution in [-0.4, -0.2) is 37.0 Å². The lowest BCUT2D eigenvalue weighted by Gasteiger charge is -2.33. The maximum Gasteiger partial charge on any atom is 0.308 e. The zero-order chi connectivity index (χ0) is 13.0. The van der Waals surface area contributed by atoms with Crippen LogP contribution in [0.5, 0.6) is 5.75 Å². The summed E-state index contributed by atoms with van der Waals surface area (Å²) in [7, 11) is 0. The van der Waals surface area contributed by atoms with Gasteiger partial charge in [-0.1, -0.05) is 12.1 Å². The molecule has 2 rings (SSSR count). The average molecular weight is 248 g/mol. The fourth-order valence-corrected chi connectivity index (χ4v) is 2.26. The number of ether oxygens (including phenoxy) is 1. The number of nitrogens with zero attached hydrogens (tertiary/aromatic N) is 1. The normalized spacial score (nSPS) is 18.3. The molecule has 1 saturated heterocycles.